The minimum atomic E-state index is -3.39. The Morgan fingerprint density at radius 3 is 2.52 bits per heavy atom. The van der Waals surface area contributed by atoms with Crippen molar-refractivity contribution in [1.82, 2.24) is 4.98 Å². The van der Waals surface area contributed by atoms with Gasteiger partial charge in [0.2, 0.25) is 0 Å². The molecule has 0 aliphatic heterocycles. The van der Waals surface area contributed by atoms with Crippen LogP contribution in [0.3, 0.4) is 0 Å². The summed E-state index contributed by atoms with van der Waals surface area (Å²) >= 11 is 1.47. The molecule has 1 unspecified atom stereocenters. The topological polar surface area (TPSA) is 67.3 Å². The van der Waals surface area contributed by atoms with Gasteiger partial charge in [0.15, 0.2) is 9.84 Å². The van der Waals surface area contributed by atoms with E-state index in [0.717, 1.165) is 17.0 Å². The van der Waals surface area contributed by atoms with Gasteiger partial charge in [0.1, 0.15) is 0 Å². The molecule has 0 aliphatic rings. The minimum Gasteiger partial charge on any atom is -0.387 e. The molecule has 0 amide bonds. The van der Waals surface area contributed by atoms with Crippen LogP contribution in [0, 0.1) is 6.92 Å². The standard InChI is InChI=1S/C15H19NO3S2/c1-3-15-16-13(8-20-15)9-21(18,19)10-14(17)12-6-4-11(2)5-7-12/h4-8,14,17H,3,9-10H2,1-2H3. The van der Waals surface area contributed by atoms with Crippen molar-refractivity contribution in [3.8, 4) is 0 Å². The van der Waals surface area contributed by atoms with Gasteiger partial charge in [-0.3, -0.25) is 0 Å². The molecule has 0 saturated carbocycles. The molecule has 6 heteroatoms. The molecule has 0 spiro atoms. The Hall–Kier alpha value is -1.24. The predicted octanol–water partition coefficient (Wildman–Crippen LogP) is 2.66. The molecule has 0 radical (unpaired) electrons. The van der Waals surface area contributed by atoms with Crippen molar-refractivity contribution in [3.05, 3.63) is 51.5 Å². The maximum atomic E-state index is 12.2. The lowest BCUT2D eigenvalue weighted by atomic mass is 10.1. The largest absolute Gasteiger partial charge is 0.387 e. The molecular weight excluding hydrogens is 306 g/mol. The van der Waals surface area contributed by atoms with E-state index >= 15 is 0 Å². The Balaban J connectivity index is 2.04. The fourth-order valence-corrected chi connectivity index (χ4v) is 4.23. The van der Waals surface area contributed by atoms with Crippen LogP contribution in [0.4, 0.5) is 0 Å². The van der Waals surface area contributed by atoms with E-state index in [0.29, 0.717) is 11.3 Å². The molecule has 2 rings (SSSR count). The van der Waals surface area contributed by atoms with E-state index in [1.165, 1.54) is 11.3 Å². The monoisotopic (exact) mass is 325 g/mol. The highest BCUT2D eigenvalue weighted by molar-refractivity contribution is 7.90. The Kier molecular flexibility index (Phi) is 5.13. The number of aliphatic hydroxyl groups is 1. The third-order valence-corrected chi connectivity index (χ3v) is 5.74. The summed E-state index contributed by atoms with van der Waals surface area (Å²) in [6, 6.07) is 7.24. The number of hydrogen-bond acceptors (Lipinski definition) is 5. The molecular formula is C15H19NO3S2. The summed E-state index contributed by atoms with van der Waals surface area (Å²) in [6.45, 7) is 3.93. The van der Waals surface area contributed by atoms with Crippen LogP contribution in [0.5, 0.6) is 0 Å². The van der Waals surface area contributed by atoms with Crippen LogP contribution in [0.1, 0.15) is 34.9 Å². The Bertz CT molecular complexity index is 690. The molecule has 2 aromatic rings. The molecule has 0 saturated heterocycles. The zero-order valence-corrected chi connectivity index (χ0v) is 13.7. The van der Waals surface area contributed by atoms with Gasteiger partial charge in [-0.15, -0.1) is 11.3 Å². The van der Waals surface area contributed by atoms with E-state index in [1.54, 1.807) is 17.5 Å². The molecule has 1 N–H and O–H groups in total. The average molecular weight is 325 g/mol. The SMILES string of the molecule is CCc1nc(CS(=O)(=O)CC(O)c2ccc(C)cc2)cs1. The third-order valence-electron chi connectivity index (χ3n) is 3.14. The van der Waals surface area contributed by atoms with Crippen LogP contribution in [-0.4, -0.2) is 24.3 Å². The van der Waals surface area contributed by atoms with Gasteiger partial charge in [0, 0.05) is 5.38 Å². The predicted molar refractivity (Wildman–Crippen MR) is 85.1 cm³/mol. The minimum absolute atomic E-state index is 0.119. The number of aromatic nitrogens is 1. The Morgan fingerprint density at radius 1 is 1.29 bits per heavy atom. The van der Waals surface area contributed by atoms with Gasteiger partial charge in [-0.25, -0.2) is 13.4 Å². The van der Waals surface area contributed by atoms with E-state index in [-0.39, 0.29) is 11.5 Å². The number of thiazole rings is 1. The van der Waals surface area contributed by atoms with Crippen molar-refractivity contribution >= 4 is 21.2 Å². The number of benzene rings is 1. The normalized spacial score (nSPS) is 13.3. The van der Waals surface area contributed by atoms with Gasteiger partial charge in [-0.05, 0) is 18.9 Å². The first-order valence-electron chi connectivity index (χ1n) is 6.78. The molecule has 1 heterocycles. The maximum absolute atomic E-state index is 12.2. The molecule has 0 aliphatic carbocycles. The number of aliphatic hydroxyl groups excluding tert-OH is 1. The van der Waals surface area contributed by atoms with Crippen molar-refractivity contribution in [2.45, 2.75) is 32.1 Å². The lowest BCUT2D eigenvalue weighted by Gasteiger charge is -2.11. The second kappa shape index (κ2) is 6.68. The van der Waals surface area contributed by atoms with Crippen LogP contribution in [0.15, 0.2) is 29.6 Å². The van der Waals surface area contributed by atoms with Crippen LogP contribution < -0.4 is 0 Å². The Morgan fingerprint density at radius 2 is 1.95 bits per heavy atom. The molecule has 1 aromatic heterocycles. The molecule has 114 valence electrons. The number of sulfone groups is 1. The van der Waals surface area contributed by atoms with Gasteiger partial charge in [-0.1, -0.05) is 36.8 Å². The fourth-order valence-electron chi connectivity index (χ4n) is 1.99. The highest BCUT2D eigenvalue weighted by Gasteiger charge is 2.20. The number of rotatable bonds is 6. The van der Waals surface area contributed by atoms with Crippen LogP contribution in [0.25, 0.3) is 0 Å². The summed E-state index contributed by atoms with van der Waals surface area (Å²) in [5.41, 5.74) is 2.26. The van der Waals surface area contributed by atoms with Crippen LogP contribution in [-0.2, 0) is 22.0 Å². The number of aryl methyl sites for hydroxylation is 2. The number of nitrogens with zero attached hydrogens (tertiary/aromatic N) is 1. The third kappa shape index (κ3) is 4.62. The van der Waals surface area contributed by atoms with Gasteiger partial charge >= 0.3 is 0 Å². The summed E-state index contributed by atoms with van der Waals surface area (Å²) in [6.07, 6.45) is -0.198. The molecule has 4 nitrogen and oxygen atoms in total. The van der Waals surface area contributed by atoms with Gasteiger partial charge < -0.3 is 5.11 Å². The summed E-state index contributed by atoms with van der Waals surface area (Å²) < 4.78 is 24.3. The average Bonchev–Trinajstić information content (AvgIpc) is 2.85. The van der Waals surface area contributed by atoms with Crippen LogP contribution in [0.2, 0.25) is 0 Å². The first kappa shape index (κ1) is 16.1. The molecule has 1 aromatic carbocycles. The van der Waals surface area contributed by atoms with E-state index < -0.39 is 15.9 Å². The summed E-state index contributed by atoms with van der Waals surface area (Å²) in [4.78, 5) is 4.26. The van der Waals surface area contributed by atoms with Crippen molar-refractivity contribution in [1.29, 1.82) is 0 Å². The summed E-state index contributed by atoms with van der Waals surface area (Å²) in [7, 11) is -3.39. The number of hydrogen-bond donors (Lipinski definition) is 1. The quantitative estimate of drug-likeness (QED) is 0.886. The lowest BCUT2D eigenvalue weighted by molar-refractivity contribution is 0.201. The molecule has 0 fully saturated rings. The zero-order valence-electron chi connectivity index (χ0n) is 12.1. The maximum Gasteiger partial charge on any atom is 0.158 e. The molecule has 0 bridgehead atoms. The first-order chi connectivity index (χ1) is 9.89. The second-order valence-corrected chi connectivity index (χ2v) is 8.12. The van der Waals surface area contributed by atoms with Crippen molar-refractivity contribution in [2.24, 2.45) is 0 Å². The van der Waals surface area contributed by atoms with Gasteiger partial charge in [0.25, 0.3) is 0 Å². The highest BCUT2D eigenvalue weighted by atomic mass is 32.2. The lowest BCUT2D eigenvalue weighted by Crippen LogP contribution is -2.16. The molecule has 21 heavy (non-hydrogen) atoms. The van der Waals surface area contributed by atoms with Crippen LogP contribution >= 0.6 is 11.3 Å². The zero-order chi connectivity index (χ0) is 15.5. The van der Waals surface area contributed by atoms with Crippen molar-refractivity contribution < 1.29 is 13.5 Å². The van der Waals surface area contributed by atoms with E-state index in [4.69, 9.17) is 0 Å². The summed E-state index contributed by atoms with van der Waals surface area (Å²) in [5, 5.41) is 12.8. The Labute approximate surface area is 129 Å². The van der Waals surface area contributed by atoms with E-state index in [9.17, 15) is 13.5 Å². The smallest absolute Gasteiger partial charge is 0.158 e. The second-order valence-electron chi connectivity index (χ2n) is 5.07. The fraction of sp³-hybridized carbons (Fsp3) is 0.400. The summed E-state index contributed by atoms with van der Waals surface area (Å²) in [5.74, 6) is -0.401. The van der Waals surface area contributed by atoms with Gasteiger partial charge in [-0.2, -0.15) is 0 Å². The van der Waals surface area contributed by atoms with E-state index in [2.05, 4.69) is 4.98 Å². The van der Waals surface area contributed by atoms with E-state index in [1.807, 2.05) is 26.0 Å². The molecule has 1 atom stereocenters. The first-order valence-corrected chi connectivity index (χ1v) is 9.48. The van der Waals surface area contributed by atoms with Crippen molar-refractivity contribution in [3.63, 3.8) is 0 Å². The van der Waals surface area contributed by atoms with Gasteiger partial charge in [0.05, 0.1) is 28.3 Å². The van der Waals surface area contributed by atoms with Crippen molar-refractivity contribution in [2.75, 3.05) is 5.75 Å². The highest BCUT2D eigenvalue weighted by Crippen LogP contribution is 2.19.